The van der Waals surface area contributed by atoms with E-state index < -0.39 is 5.91 Å². The largest absolute Gasteiger partial charge is 0.331 e. The molecular formula is C10H21N2O2+. The molecule has 0 spiro atoms. The Kier molecular flexibility index (Phi) is 4.80. The van der Waals surface area contributed by atoms with Gasteiger partial charge in [-0.15, -0.1) is 0 Å². The van der Waals surface area contributed by atoms with Crippen LogP contribution in [0.1, 0.15) is 13.3 Å². The summed E-state index contributed by atoms with van der Waals surface area (Å²) in [6.07, 6.45) is 0.777. The first-order valence-electron chi connectivity index (χ1n) is 4.71. The lowest BCUT2D eigenvalue weighted by atomic mass is 10.3. The Bertz CT molecular complexity index is 219. The molecule has 0 aliphatic heterocycles. The van der Waals surface area contributed by atoms with Crippen LogP contribution in [0.5, 0.6) is 0 Å². The number of carbonyl (C=O) groups is 1. The number of quaternary nitrogens is 1. The second kappa shape index (κ2) is 5.12. The first kappa shape index (κ1) is 13.1. The lowest BCUT2D eigenvalue weighted by molar-refractivity contribution is -0.870. The van der Waals surface area contributed by atoms with Crippen molar-refractivity contribution in [2.45, 2.75) is 13.3 Å². The summed E-state index contributed by atoms with van der Waals surface area (Å²) in [5.41, 5.74) is 0.359. The van der Waals surface area contributed by atoms with E-state index in [2.05, 4.69) is 27.7 Å². The third kappa shape index (κ3) is 5.72. The Labute approximate surface area is 86.0 Å². The quantitative estimate of drug-likeness (QED) is 0.310. The second-order valence-corrected chi connectivity index (χ2v) is 4.58. The molecule has 0 atom stereocenters. The summed E-state index contributed by atoms with van der Waals surface area (Å²) < 4.78 is 0.828. The molecule has 4 nitrogen and oxygen atoms in total. The Morgan fingerprint density at radius 3 is 2.29 bits per heavy atom. The Hall–Kier alpha value is -0.870. The van der Waals surface area contributed by atoms with Gasteiger partial charge in [0.15, 0.2) is 0 Å². The van der Waals surface area contributed by atoms with Gasteiger partial charge in [-0.1, -0.05) is 6.58 Å². The number of hydrogen-bond acceptors (Lipinski definition) is 2. The zero-order chi connectivity index (χ0) is 11.4. The fourth-order valence-corrected chi connectivity index (χ4v) is 1.02. The zero-order valence-corrected chi connectivity index (χ0v) is 9.58. The number of amides is 1. The van der Waals surface area contributed by atoms with Crippen LogP contribution >= 0.6 is 0 Å². The molecule has 0 fully saturated rings. The molecule has 0 aromatic heterocycles. The molecule has 0 saturated carbocycles. The van der Waals surface area contributed by atoms with E-state index in [0.717, 1.165) is 22.5 Å². The minimum atomic E-state index is -0.397. The summed E-state index contributed by atoms with van der Waals surface area (Å²) in [5.74, 6) is -0.397. The molecule has 1 N–H and O–H groups in total. The average molecular weight is 201 g/mol. The standard InChI is InChI=1S/C10H21N2O2/c1-9(2)10(13)11(14)7-6-8-12(3,4)5/h14H,1,6-8H2,2-5H3/q+1. The summed E-state index contributed by atoms with van der Waals surface area (Å²) in [5, 5.41) is 10.0. The predicted octanol–water partition coefficient (Wildman–Crippen LogP) is 0.877. The smallest absolute Gasteiger partial charge is 0.272 e. The molecule has 4 heteroatoms. The zero-order valence-electron chi connectivity index (χ0n) is 9.58. The molecule has 0 rings (SSSR count). The Balaban J connectivity index is 3.81. The molecule has 0 aromatic rings. The maximum absolute atomic E-state index is 11.2. The van der Waals surface area contributed by atoms with Crippen LogP contribution < -0.4 is 0 Å². The third-order valence-electron chi connectivity index (χ3n) is 1.80. The molecule has 0 aromatic carbocycles. The van der Waals surface area contributed by atoms with E-state index in [4.69, 9.17) is 0 Å². The molecule has 0 saturated heterocycles. The molecule has 0 aliphatic rings. The predicted molar refractivity (Wildman–Crippen MR) is 55.8 cm³/mol. The van der Waals surface area contributed by atoms with Crippen molar-refractivity contribution >= 4 is 5.91 Å². The van der Waals surface area contributed by atoms with Gasteiger partial charge in [0.2, 0.25) is 0 Å². The van der Waals surface area contributed by atoms with Gasteiger partial charge in [0, 0.05) is 12.0 Å². The van der Waals surface area contributed by atoms with Crippen LogP contribution in [0.25, 0.3) is 0 Å². The topological polar surface area (TPSA) is 40.5 Å². The SMILES string of the molecule is C=C(C)C(=O)N(O)CCC[N+](C)(C)C. The van der Waals surface area contributed by atoms with Crippen LogP contribution in [0.4, 0.5) is 0 Å². The van der Waals surface area contributed by atoms with E-state index in [1.165, 1.54) is 0 Å². The van der Waals surface area contributed by atoms with E-state index in [0.29, 0.717) is 12.1 Å². The van der Waals surface area contributed by atoms with Gasteiger partial charge in [-0.3, -0.25) is 10.0 Å². The molecular weight excluding hydrogens is 180 g/mol. The number of carbonyl (C=O) groups excluding carboxylic acids is 1. The maximum atomic E-state index is 11.2. The lowest BCUT2D eigenvalue weighted by Crippen LogP contribution is -2.38. The van der Waals surface area contributed by atoms with E-state index in [9.17, 15) is 10.0 Å². The van der Waals surface area contributed by atoms with Gasteiger partial charge in [0.25, 0.3) is 5.91 Å². The van der Waals surface area contributed by atoms with Gasteiger partial charge < -0.3 is 4.48 Å². The maximum Gasteiger partial charge on any atom is 0.272 e. The highest BCUT2D eigenvalue weighted by atomic mass is 16.5. The van der Waals surface area contributed by atoms with Crippen molar-refractivity contribution in [1.29, 1.82) is 0 Å². The molecule has 1 amide bonds. The number of nitrogens with zero attached hydrogens (tertiary/aromatic N) is 2. The van der Waals surface area contributed by atoms with Crippen molar-refractivity contribution in [3.63, 3.8) is 0 Å². The summed E-state index contributed by atoms with van der Waals surface area (Å²) >= 11 is 0. The molecule has 0 bridgehead atoms. The van der Waals surface area contributed by atoms with Crippen molar-refractivity contribution in [3.8, 4) is 0 Å². The highest BCUT2D eigenvalue weighted by Crippen LogP contribution is 1.99. The van der Waals surface area contributed by atoms with E-state index in [1.54, 1.807) is 6.92 Å². The summed E-state index contributed by atoms with van der Waals surface area (Å²) in [6.45, 7) is 6.35. The van der Waals surface area contributed by atoms with Gasteiger partial charge in [-0.2, -0.15) is 0 Å². The summed E-state index contributed by atoms with van der Waals surface area (Å²) in [4.78, 5) is 11.2. The van der Waals surface area contributed by atoms with Crippen LogP contribution in [-0.2, 0) is 4.79 Å². The number of rotatable bonds is 5. The summed E-state index contributed by atoms with van der Waals surface area (Å²) in [7, 11) is 6.22. The molecule has 82 valence electrons. The van der Waals surface area contributed by atoms with Gasteiger partial charge >= 0.3 is 0 Å². The third-order valence-corrected chi connectivity index (χ3v) is 1.80. The van der Waals surface area contributed by atoms with E-state index in [1.807, 2.05) is 0 Å². The van der Waals surface area contributed by atoms with Crippen LogP contribution in [0.3, 0.4) is 0 Å². The van der Waals surface area contributed by atoms with Crippen LogP contribution in [-0.4, -0.2) is 54.9 Å². The monoisotopic (exact) mass is 201 g/mol. The Morgan fingerprint density at radius 1 is 1.43 bits per heavy atom. The van der Waals surface area contributed by atoms with Gasteiger partial charge in [-0.25, -0.2) is 5.06 Å². The first-order valence-corrected chi connectivity index (χ1v) is 4.71. The fourth-order valence-electron chi connectivity index (χ4n) is 1.02. The Morgan fingerprint density at radius 2 is 1.93 bits per heavy atom. The molecule has 0 unspecified atom stereocenters. The second-order valence-electron chi connectivity index (χ2n) is 4.58. The number of hydroxylamine groups is 2. The fraction of sp³-hybridized carbons (Fsp3) is 0.700. The van der Waals surface area contributed by atoms with Crippen LogP contribution in [0, 0.1) is 0 Å². The molecule has 0 radical (unpaired) electrons. The highest BCUT2D eigenvalue weighted by molar-refractivity contribution is 5.91. The van der Waals surface area contributed by atoms with Crippen molar-refractivity contribution < 1.29 is 14.5 Å². The normalized spacial score (nSPS) is 11.2. The number of hydrogen-bond donors (Lipinski definition) is 1. The van der Waals surface area contributed by atoms with Gasteiger partial charge in [-0.05, 0) is 6.92 Å². The summed E-state index contributed by atoms with van der Waals surface area (Å²) in [6, 6.07) is 0. The highest BCUT2D eigenvalue weighted by Gasteiger charge is 2.13. The van der Waals surface area contributed by atoms with Crippen molar-refractivity contribution in [1.82, 2.24) is 5.06 Å². The van der Waals surface area contributed by atoms with Gasteiger partial charge in [0.1, 0.15) is 0 Å². The van der Waals surface area contributed by atoms with Crippen LogP contribution in [0.2, 0.25) is 0 Å². The van der Waals surface area contributed by atoms with E-state index >= 15 is 0 Å². The van der Waals surface area contributed by atoms with E-state index in [-0.39, 0.29) is 0 Å². The molecule has 0 heterocycles. The van der Waals surface area contributed by atoms with Crippen LogP contribution in [0.15, 0.2) is 12.2 Å². The van der Waals surface area contributed by atoms with Crippen molar-refractivity contribution in [2.75, 3.05) is 34.2 Å². The van der Waals surface area contributed by atoms with Gasteiger partial charge in [0.05, 0.1) is 34.2 Å². The molecule has 14 heavy (non-hydrogen) atoms. The van der Waals surface area contributed by atoms with Crippen molar-refractivity contribution in [2.24, 2.45) is 0 Å². The first-order chi connectivity index (χ1) is 6.24. The minimum Gasteiger partial charge on any atom is -0.331 e. The molecule has 0 aliphatic carbocycles. The van der Waals surface area contributed by atoms with Crippen molar-refractivity contribution in [3.05, 3.63) is 12.2 Å². The average Bonchev–Trinajstić information content (AvgIpc) is 2.00. The minimum absolute atomic E-state index is 0.359. The lowest BCUT2D eigenvalue weighted by Gasteiger charge is -2.24.